The highest BCUT2D eigenvalue weighted by Crippen LogP contribution is 2.34. The number of carbonyl (C=O) groups excluding carboxylic acids is 2. The standard InChI is InChI=1S/C20H28N2O5S/c1-15-12-17-13-16(8-9-18(17)22(15)28(2,25)26)20(24)27-14-19(23)21-10-6-4-3-5-7-11-21/h8-9,13,15H,3-7,10-12,14H2,1-2H3/t15-/m0/s1. The molecule has 0 aromatic heterocycles. The van der Waals surface area contributed by atoms with Gasteiger partial charge in [-0.2, -0.15) is 0 Å². The van der Waals surface area contributed by atoms with Gasteiger partial charge < -0.3 is 9.64 Å². The van der Waals surface area contributed by atoms with E-state index in [1.54, 1.807) is 23.1 Å². The number of amides is 1. The van der Waals surface area contributed by atoms with Gasteiger partial charge in [0.25, 0.3) is 5.91 Å². The van der Waals surface area contributed by atoms with Gasteiger partial charge in [0.1, 0.15) is 0 Å². The molecule has 154 valence electrons. The van der Waals surface area contributed by atoms with Crippen LogP contribution in [0.2, 0.25) is 0 Å². The topological polar surface area (TPSA) is 84.0 Å². The number of sulfonamides is 1. The fourth-order valence-corrected chi connectivity index (χ4v) is 5.30. The van der Waals surface area contributed by atoms with Gasteiger partial charge in [0.2, 0.25) is 10.0 Å². The molecule has 1 saturated heterocycles. The molecule has 28 heavy (non-hydrogen) atoms. The Hall–Kier alpha value is -2.09. The SMILES string of the molecule is C[C@H]1Cc2cc(C(=O)OCC(=O)N3CCCCCCC3)ccc2N1S(C)(=O)=O. The number of esters is 1. The van der Waals surface area contributed by atoms with E-state index in [2.05, 4.69) is 0 Å². The number of fused-ring (bicyclic) bond motifs is 1. The van der Waals surface area contributed by atoms with Crippen molar-refractivity contribution in [1.29, 1.82) is 0 Å². The number of nitrogens with zero attached hydrogens (tertiary/aromatic N) is 2. The lowest BCUT2D eigenvalue weighted by atomic mass is 10.1. The van der Waals surface area contributed by atoms with Crippen LogP contribution in [0, 0.1) is 0 Å². The summed E-state index contributed by atoms with van der Waals surface area (Å²) in [5.41, 5.74) is 1.73. The molecule has 1 fully saturated rings. The Morgan fingerprint density at radius 1 is 1.11 bits per heavy atom. The minimum absolute atomic E-state index is 0.159. The average Bonchev–Trinajstić information content (AvgIpc) is 2.94. The summed E-state index contributed by atoms with van der Waals surface area (Å²) < 4.78 is 30.6. The highest BCUT2D eigenvalue weighted by molar-refractivity contribution is 7.92. The Morgan fingerprint density at radius 2 is 1.75 bits per heavy atom. The molecule has 7 nitrogen and oxygen atoms in total. The molecular weight excluding hydrogens is 380 g/mol. The van der Waals surface area contributed by atoms with Crippen molar-refractivity contribution in [3.8, 4) is 0 Å². The minimum Gasteiger partial charge on any atom is -0.452 e. The summed E-state index contributed by atoms with van der Waals surface area (Å²) in [5.74, 6) is -0.720. The van der Waals surface area contributed by atoms with Gasteiger partial charge in [0, 0.05) is 19.1 Å². The van der Waals surface area contributed by atoms with E-state index in [-0.39, 0.29) is 18.6 Å². The summed E-state index contributed by atoms with van der Waals surface area (Å²) in [6.45, 7) is 3.01. The second-order valence-electron chi connectivity index (χ2n) is 7.68. The summed E-state index contributed by atoms with van der Waals surface area (Å²) in [6.07, 6.45) is 7.15. The first-order chi connectivity index (χ1) is 13.3. The van der Waals surface area contributed by atoms with Crippen LogP contribution < -0.4 is 4.31 Å². The van der Waals surface area contributed by atoms with Crippen molar-refractivity contribution in [3.63, 3.8) is 0 Å². The lowest BCUT2D eigenvalue weighted by Gasteiger charge is -2.24. The second kappa shape index (κ2) is 8.51. The summed E-state index contributed by atoms with van der Waals surface area (Å²) in [6, 6.07) is 4.67. The summed E-state index contributed by atoms with van der Waals surface area (Å²) in [4.78, 5) is 26.5. The minimum atomic E-state index is -3.37. The molecule has 0 saturated carbocycles. The van der Waals surface area contributed by atoms with E-state index in [4.69, 9.17) is 4.74 Å². The normalized spacial score (nSPS) is 20.3. The molecule has 1 amide bonds. The van der Waals surface area contributed by atoms with E-state index in [1.165, 1.54) is 17.0 Å². The molecule has 0 radical (unpaired) electrons. The van der Waals surface area contributed by atoms with E-state index < -0.39 is 16.0 Å². The maximum Gasteiger partial charge on any atom is 0.338 e. The molecule has 0 spiro atoms. The Kier molecular flexibility index (Phi) is 6.27. The first-order valence-corrected chi connectivity index (χ1v) is 11.7. The largest absolute Gasteiger partial charge is 0.452 e. The fraction of sp³-hybridized carbons (Fsp3) is 0.600. The number of hydrogen-bond acceptors (Lipinski definition) is 5. The van der Waals surface area contributed by atoms with Crippen LogP contribution in [-0.2, 0) is 26.0 Å². The van der Waals surface area contributed by atoms with Gasteiger partial charge in [0.15, 0.2) is 6.61 Å². The van der Waals surface area contributed by atoms with E-state index in [0.717, 1.165) is 31.2 Å². The van der Waals surface area contributed by atoms with Crippen LogP contribution in [0.1, 0.15) is 54.9 Å². The molecule has 1 aromatic carbocycles. The number of anilines is 1. The van der Waals surface area contributed by atoms with E-state index >= 15 is 0 Å². The van der Waals surface area contributed by atoms with Crippen LogP contribution in [-0.4, -0.2) is 57.2 Å². The van der Waals surface area contributed by atoms with Crippen molar-refractivity contribution in [1.82, 2.24) is 4.90 Å². The molecule has 0 N–H and O–H groups in total. The average molecular weight is 409 g/mol. The predicted octanol–water partition coefficient (Wildman–Crippen LogP) is 2.35. The third kappa shape index (κ3) is 4.66. The van der Waals surface area contributed by atoms with Crippen LogP contribution in [0.15, 0.2) is 18.2 Å². The molecule has 0 bridgehead atoms. The summed E-state index contributed by atoms with van der Waals surface area (Å²) in [7, 11) is -3.37. The Bertz CT molecular complexity index is 844. The van der Waals surface area contributed by atoms with Gasteiger partial charge in [-0.25, -0.2) is 13.2 Å². The van der Waals surface area contributed by atoms with Crippen LogP contribution >= 0.6 is 0 Å². The highest BCUT2D eigenvalue weighted by atomic mass is 32.2. The van der Waals surface area contributed by atoms with Crippen LogP contribution in [0.4, 0.5) is 5.69 Å². The first kappa shape index (κ1) is 20.6. The number of carbonyl (C=O) groups is 2. The molecule has 3 rings (SSSR count). The molecule has 0 aliphatic carbocycles. The molecule has 8 heteroatoms. The van der Waals surface area contributed by atoms with Crippen LogP contribution in [0.25, 0.3) is 0 Å². The van der Waals surface area contributed by atoms with Gasteiger partial charge in [-0.3, -0.25) is 9.10 Å². The zero-order chi connectivity index (χ0) is 20.3. The zero-order valence-electron chi connectivity index (χ0n) is 16.5. The fourth-order valence-electron chi connectivity index (χ4n) is 4.03. The number of rotatable bonds is 4. The van der Waals surface area contributed by atoms with E-state index in [1.807, 2.05) is 6.92 Å². The molecular formula is C20H28N2O5S. The Morgan fingerprint density at radius 3 is 2.39 bits per heavy atom. The quantitative estimate of drug-likeness (QED) is 0.714. The van der Waals surface area contributed by atoms with Gasteiger partial charge in [-0.15, -0.1) is 0 Å². The van der Waals surface area contributed by atoms with Crippen molar-refractivity contribution >= 4 is 27.6 Å². The smallest absolute Gasteiger partial charge is 0.338 e. The van der Waals surface area contributed by atoms with Gasteiger partial charge in [0.05, 0.1) is 17.5 Å². The van der Waals surface area contributed by atoms with Crippen molar-refractivity contribution in [2.24, 2.45) is 0 Å². The third-order valence-electron chi connectivity index (χ3n) is 5.36. The summed E-state index contributed by atoms with van der Waals surface area (Å²) in [5, 5.41) is 0. The number of likely N-dealkylation sites (tertiary alicyclic amines) is 1. The lowest BCUT2D eigenvalue weighted by Crippen LogP contribution is -2.36. The predicted molar refractivity (Wildman–Crippen MR) is 107 cm³/mol. The first-order valence-electron chi connectivity index (χ1n) is 9.84. The van der Waals surface area contributed by atoms with Crippen molar-refractivity contribution in [2.75, 3.05) is 30.3 Å². The highest BCUT2D eigenvalue weighted by Gasteiger charge is 2.33. The Balaban J connectivity index is 1.63. The number of hydrogen-bond donors (Lipinski definition) is 0. The van der Waals surface area contributed by atoms with Crippen LogP contribution in [0.3, 0.4) is 0 Å². The van der Waals surface area contributed by atoms with Gasteiger partial charge in [-0.1, -0.05) is 19.3 Å². The molecule has 2 aliphatic heterocycles. The molecule has 0 unspecified atom stereocenters. The molecule has 2 heterocycles. The zero-order valence-corrected chi connectivity index (χ0v) is 17.3. The van der Waals surface area contributed by atoms with Gasteiger partial charge in [-0.05, 0) is 49.9 Å². The molecule has 1 aromatic rings. The number of benzene rings is 1. The maximum absolute atomic E-state index is 12.4. The third-order valence-corrected chi connectivity index (χ3v) is 6.63. The number of ether oxygens (including phenoxy) is 1. The van der Waals surface area contributed by atoms with E-state index in [0.29, 0.717) is 30.8 Å². The van der Waals surface area contributed by atoms with Crippen molar-refractivity contribution in [2.45, 2.75) is 51.5 Å². The second-order valence-corrected chi connectivity index (χ2v) is 9.54. The van der Waals surface area contributed by atoms with Gasteiger partial charge >= 0.3 is 5.97 Å². The van der Waals surface area contributed by atoms with Crippen LogP contribution in [0.5, 0.6) is 0 Å². The summed E-state index contributed by atoms with van der Waals surface area (Å²) >= 11 is 0. The lowest BCUT2D eigenvalue weighted by molar-refractivity contribution is -0.134. The monoisotopic (exact) mass is 408 g/mol. The Labute approximate surface area is 166 Å². The van der Waals surface area contributed by atoms with Crippen molar-refractivity contribution < 1.29 is 22.7 Å². The molecule has 2 aliphatic rings. The van der Waals surface area contributed by atoms with E-state index in [9.17, 15) is 18.0 Å². The molecule has 1 atom stereocenters. The van der Waals surface area contributed by atoms with Crippen molar-refractivity contribution in [3.05, 3.63) is 29.3 Å². The maximum atomic E-state index is 12.4.